The molecule has 184 valence electrons. The van der Waals surface area contributed by atoms with Crippen LogP contribution in [0.3, 0.4) is 0 Å². The average molecular weight is 475 g/mol. The average Bonchev–Trinajstić information content (AvgIpc) is 2.89. The van der Waals surface area contributed by atoms with Gasteiger partial charge in [-0.05, 0) is 41.3 Å². The Morgan fingerprint density at radius 2 is 1.46 bits per heavy atom. The van der Waals surface area contributed by atoms with Gasteiger partial charge in [-0.15, -0.1) is 0 Å². The third-order valence-electron chi connectivity index (χ3n) is 5.57. The highest BCUT2D eigenvalue weighted by molar-refractivity contribution is 5.88. The van der Waals surface area contributed by atoms with Crippen LogP contribution in [0, 0.1) is 5.92 Å². The van der Waals surface area contributed by atoms with Crippen molar-refractivity contribution in [1.29, 1.82) is 0 Å². The first kappa shape index (κ1) is 25.8. The molecule has 1 atom stereocenters. The molecule has 6 nitrogen and oxygen atoms in total. The van der Waals surface area contributed by atoms with Crippen molar-refractivity contribution in [3.8, 4) is 11.5 Å². The van der Waals surface area contributed by atoms with E-state index in [9.17, 15) is 9.59 Å². The Bertz CT molecular complexity index is 1050. The topological polar surface area (TPSA) is 67.9 Å². The molecule has 6 heteroatoms. The summed E-state index contributed by atoms with van der Waals surface area (Å²) in [4.78, 5) is 28.5. The first-order chi connectivity index (χ1) is 17.0. The molecule has 0 aromatic heterocycles. The molecule has 3 aromatic carbocycles. The molecule has 0 spiro atoms. The van der Waals surface area contributed by atoms with E-state index in [1.165, 1.54) is 0 Å². The van der Waals surface area contributed by atoms with E-state index >= 15 is 0 Å². The maximum atomic E-state index is 13.5. The molecule has 0 fully saturated rings. The maximum Gasteiger partial charge on any atom is 0.261 e. The van der Waals surface area contributed by atoms with Crippen LogP contribution in [-0.2, 0) is 22.6 Å². The fourth-order valence-corrected chi connectivity index (χ4v) is 3.65. The van der Waals surface area contributed by atoms with Crippen molar-refractivity contribution in [3.63, 3.8) is 0 Å². The van der Waals surface area contributed by atoms with Crippen molar-refractivity contribution in [2.45, 2.75) is 32.9 Å². The van der Waals surface area contributed by atoms with Crippen LogP contribution in [0.1, 0.15) is 25.0 Å². The van der Waals surface area contributed by atoms with Crippen LogP contribution in [0.25, 0.3) is 0 Å². The van der Waals surface area contributed by atoms with E-state index in [0.717, 1.165) is 16.9 Å². The summed E-state index contributed by atoms with van der Waals surface area (Å²) < 4.78 is 11.0. The number of benzene rings is 3. The molecular formula is C29H34N2O4. The number of hydrogen-bond acceptors (Lipinski definition) is 4. The van der Waals surface area contributed by atoms with E-state index in [-0.39, 0.29) is 25.0 Å². The lowest BCUT2D eigenvalue weighted by molar-refractivity contribution is -0.142. The quantitative estimate of drug-likeness (QED) is 0.420. The number of ether oxygens (including phenoxy) is 2. The highest BCUT2D eigenvalue weighted by atomic mass is 16.5. The van der Waals surface area contributed by atoms with Crippen LogP contribution in [0.4, 0.5) is 0 Å². The van der Waals surface area contributed by atoms with Crippen molar-refractivity contribution in [2.75, 3.05) is 20.3 Å². The molecule has 0 aliphatic carbocycles. The van der Waals surface area contributed by atoms with Crippen molar-refractivity contribution in [3.05, 3.63) is 96.1 Å². The number of carbonyl (C=O) groups is 2. The van der Waals surface area contributed by atoms with Gasteiger partial charge in [0.25, 0.3) is 5.91 Å². The Labute approximate surface area is 207 Å². The first-order valence-corrected chi connectivity index (χ1v) is 11.9. The minimum absolute atomic E-state index is 0.164. The molecule has 3 aromatic rings. The lowest BCUT2D eigenvalue weighted by Gasteiger charge is -2.31. The third kappa shape index (κ3) is 8.18. The van der Waals surface area contributed by atoms with Gasteiger partial charge in [-0.25, -0.2) is 0 Å². The van der Waals surface area contributed by atoms with Gasteiger partial charge in [-0.2, -0.15) is 0 Å². The van der Waals surface area contributed by atoms with Gasteiger partial charge >= 0.3 is 0 Å². The molecule has 0 saturated carbocycles. The molecule has 35 heavy (non-hydrogen) atoms. The van der Waals surface area contributed by atoms with E-state index < -0.39 is 6.04 Å². The second-order valence-corrected chi connectivity index (χ2v) is 8.82. The maximum absolute atomic E-state index is 13.5. The van der Waals surface area contributed by atoms with Crippen LogP contribution < -0.4 is 14.8 Å². The summed E-state index contributed by atoms with van der Waals surface area (Å²) in [6.07, 6.45) is 0.401. The van der Waals surface area contributed by atoms with Gasteiger partial charge in [-0.1, -0.05) is 74.5 Å². The second kappa shape index (κ2) is 13.2. The molecule has 0 radical (unpaired) electrons. The Kier molecular flexibility index (Phi) is 9.72. The Morgan fingerprint density at radius 1 is 0.829 bits per heavy atom. The minimum atomic E-state index is -0.690. The SMILES string of the molecule is COc1ccc(CN(C(=O)COc2ccccc2)[C@@H](Cc2ccccc2)C(=O)NCC(C)C)cc1. The number of methoxy groups -OCH3 is 1. The number of amides is 2. The molecule has 2 amide bonds. The van der Waals surface area contributed by atoms with Crippen molar-refractivity contribution < 1.29 is 19.1 Å². The van der Waals surface area contributed by atoms with Crippen LogP contribution >= 0.6 is 0 Å². The standard InChI is InChI=1S/C29H34N2O4/c1-22(2)19-30-29(33)27(18-23-10-6-4-7-11-23)31(20-24-14-16-25(34-3)17-15-24)28(32)21-35-26-12-8-5-9-13-26/h4-17,22,27H,18-21H2,1-3H3,(H,30,33)/t27-/m0/s1. The minimum Gasteiger partial charge on any atom is -0.497 e. The molecule has 0 unspecified atom stereocenters. The lowest BCUT2D eigenvalue weighted by atomic mass is 10.0. The summed E-state index contributed by atoms with van der Waals surface area (Å²) in [6.45, 7) is 4.73. The van der Waals surface area contributed by atoms with Gasteiger partial charge in [0.05, 0.1) is 7.11 Å². The largest absolute Gasteiger partial charge is 0.497 e. The van der Waals surface area contributed by atoms with Gasteiger partial charge in [0, 0.05) is 19.5 Å². The summed E-state index contributed by atoms with van der Waals surface area (Å²) >= 11 is 0. The van der Waals surface area contributed by atoms with Crippen LogP contribution in [0.5, 0.6) is 11.5 Å². The molecule has 0 bridgehead atoms. The summed E-state index contributed by atoms with van der Waals surface area (Å²) in [5.41, 5.74) is 1.88. The fourth-order valence-electron chi connectivity index (χ4n) is 3.65. The van der Waals surface area contributed by atoms with Gasteiger partial charge < -0.3 is 19.7 Å². The monoisotopic (exact) mass is 474 g/mol. The van der Waals surface area contributed by atoms with Crippen molar-refractivity contribution in [2.24, 2.45) is 5.92 Å². The smallest absolute Gasteiger partial charge is 0.261 e. The van der Waals surface area contributed by atoms with Crippen molar-refractivity contribution >= 4 is 11.8 Å². The Morgan fingerprint density at radius 3 is 2.06 bits per heavy atom. The second-order valence-electron chi connectivity index (χ2n) is 8.82. The summed E-state index contributed by atoms with van der Waals surface area (Å²) in [6, 6.07) is 25.8. The fraction of sp³-hybridized carbons (Fsp3) is 0.310. The van der Waals surface area contributed by atoms with E-state index in [0.29, 0.717) is 24.6 Å². The highest BCUT2D eigenvalue weighted by Gasteiger charge is 2.30. The normalized spacial score (nSPS) is 11.5. The Balaban J connectivity index is 1.89. The summed E-state index contributed by atoms with van der Waals surface area (Å²) in [5.74, 6) is 1.20. The molecule has 0 aliphatic heterocycles. The number of para-hydroxylation sites is 1. The van der Waals surface area contributed by atoms with Crippen LogP contribution in [-0.4, -0.2) is 43.0 Å². The van der Waals surface area contributed by atoms with Crippen LogP contribution in [0.2, 0.25) is 0 Å². The van der Waals surface area contributed by atoms with Crippen molar-refractivity contribution in [1.82, 2.24) is 10.2 Å². The predicted octanol–water partition coefficient (Wildman–Crippen LogP) is 4.49. The van der Waals surface area contributed by atoms with Gasteiger partial charge in [0.1, 0.15) is 17.5 Å². The van der Waals surface area contributed by atoms with E-state index in [1.54, 1.807) is 24.1 Å². The van der Waals surface area contributed by atoms with Gasteiger partial charge in [-0.3, -0.25) is 9.59 Å². The van der Waals surface area contributed by atoms with E-state index in [1.807, 2.05) is 86.6 Å². The molecule has 0 saturated heterocycles. The number of rotatable bonds is 12. The summed E-state index contributed by atoms with van der Waals surface area (Å²) in [5, 5.41) is 3.02. The highest BCUT2D eigenvalue weighted by Crippen LogP contribution is 2.18. The number of nitrogens with one attached hydrogen (secondary N) is 1. The molecule has 1 N–H and O–H groups in total. The molecular weight excluding hydrogens is 440 g/mol. The van der Waals surface area contributed by atoms with Gasteiger partial charge in [0.2, 0.25) is 5.91 Å². The molecule has 0 heterocycles. The van der Waals surface area contributed by atoms with Gasteiger partial charge in [0.15, 0.2) is 6.61 Å². The molecule has 3 rings (SSSR count). The first-order valence-electron chi connectivity index (χ1n) is 11.9. The zero-order valence-electron chi connectivity index (χ0n) is 20.6. The number of nitrogens with zero attached hydrogens (tertiary/aromatic N) is 1. The van der Waals surface area contributed by atoms with E-state index in [2.05, 4.69) is 5.32 Å². The Hall–Kier alpha value is -3.80. The lowest BCUT2D eigenvalue weighted by Crippen LogP contribution is -2.52. The zero-order valence-corrected chi connectivity index (χ0v) is 20.6. The third-order valence-corrected chi connectivity index (χ3v) is 5.57. The zero-order chi connectivity index (χ0) is 25.0. The van der Waals surface area contributed by atoms with E-state index in [4.69, 9.17) is 9.47 Å². The summed E-state index contributed by atoms with van der Waals surface area (Å²) in [7, 11) is 1.61. The van der Waals surface area contributed by atoms with Crippen LogP contribution in [0.15, 0.2) is 84.9 Å². The molecule has 0 aliphatic rings. The predicted molar refractivity (Wildman–Crippen MR) is 137 cm³/mol. The number of carbonyl (C=O) groups excluding carboxylic acids is 2. The number of hydrogen-bond donors (Lipinski definition) is 1.